The average Bonchev–Trinajstić information content (AvgIpc) is 3.10. The van der Waals surface area contributed by atoms with Gasteiger partial charge in [-0.15, -0.1) is 12.4 Å². The third-order valence-electron chi connectivity index (χ3n) is 8.24. The van der Waals surface area contributed by atoms with Crippen molar-refractivity contribution >= 4 is 63.1 Å². The fourth-order valence-electron chi connectivity index (χ4n) is 5.68. The van der Waals surface area contributed by atoms with Gasteiger partial charge in [0.15, 0.2) is 0 Å². The fourth-order valence-corrected chi connectivity index (χ4v) is 5.85. The first-order valence-electron chi connectivity index (χ1n) is 16.1. The number of nitrogens with zero attached hydrogens (tertiary/aromatic N) is 1. The molecule has 1 heterocycles. The minimum Gasteiger partial charge on any atom is -0.506 e. The topological polar surface area (TPSA) is 109 Å². The molecule has 0 radical (unpaired) electrons. The van der Waals surface area contributed by atoms with E-state index in [1.807, 2.05) is 66.7 Å². The number of morpholine rings is 1. The Morgan fingerprint density at radius 2 is 1.31 bits per heavy atom. The Balaban J connectivity index is 0.00000468. The monoisotopic (exact) mass is 703 g/mol. The van der Waals surface area contributed by atoms with Gasteiger partial charge in [-0.1, -0.05) is 60.1 Å². The molecule has 49 heavy (non-hydrogen) atoms. The first-order valence-corrected chi connectivity index (χ1v) is 16.5. The molecule has 2 amide bonds. The van der Waals surface area contributed by atoms with Gasteiger partial charge in [0, 0.05) is 37.3 Å². The Hall–Kier alpha value is -4.54. The second-order valence-corrected chi connectivity index (χ2v) is 12.1. The van der Waals surface area contributed by atoms with Crippen LogP contribution in [0, 0.1) is 0 Å². The van der Waals surface area contributed by atoms with Crippen LogP contribution in [0.1, 0.15) is 33.6 Å². The van der Waals surface area contributed by atoms with E-state index in [-0.39, 0.29) is 36.4 Å². The van der Waals surface area contributed by atoms with Gasteiger partial charge >= 0.3 is 0 Å². The third kappa shape index (κ3) is 9.33. The molecule has 0 saturated carbocycles. The van der Waals surface area contributed by atoms with Crippen LogP contribution < -0.4 is 20.1 Å². The molecular weight excluding hydrogens is 665 g/mol. The van der Waals surface area contributed by atoms with Crippen LogP contribution in [0.3, 0.4) is 0 Å². The fraction of sp³-hybridized carbons (Fsp3) is 0.263. The molecule has 5 aromatic rings. The number of anilines is 1. The zero-order valence-electron chi connectivity index (χ0n) is 27.0. The Morgan fingerprint density at radius 1 is 0.755 bits per heavy atom. The van der Waals surface area contributed by atoms with E-state index in [0.29, 0.717) is 47.2 Å². The van der Waals surface area contributed by atoms with Gasteiger partial charge in [-0.3, -0.25) is 14.5 Å². The lowest BCUT2D eigenvalue weighted by Gasteiger charge is -2.26. The molecule has 0 bridgehead atoms. The number of hydrogen-bond acceptors (Lipinski definition) is 7. The highest BCUT2D eigenvalue weighted by Gasteiger charge is 2.18. The standard InChI is InChI=1S/C38H38ClN3O6.ClH/c39-30-11-12-33(34(43)25-30)41-38(45)32-22-27-8-2-4-10-29(27)24-36(32)47-17-5-13-40-37(44)31-21-26-7-1-3-9-28(26)23-35(31)48-18-6-14-42-15-19-46-20-16-42;/h1-4,7-12,21-25,43H,5-6,13-20H2,(H,40,44)(H,41,45);1H. The number of ether oxygens (including phenoxy) is 3. The molecule has 11 heteroatoms. The summed E-state index contributed by atoms with van der Waals surface area (Å²) in [4.78, 5) is 29.1. The van der Waals surface area contributed by atoms with Crippen molar-refractivity contribution in [3.63, 3.8) is 0 Å². The number of phenolic OH excluding ortho intramolecular Hbond substituents is 1. The largest absolute Gasteiger partial charge is 0.506 e. The van der Waals surface area contributed by atoms with Gasteiger partial charge in [-0.25, -0.2) is 0 Å². The highest BCUT2D eigenvalue weighted by Crippen LogP contribution is 2.31. The van der Waals surface area contributed by atoms with Crippen molar-refractivity contribution in [1.29, 1.82) is 0 Å². The van der Waals surface area contributed by atoms with Gasteiger partial charge in [0.1, 0.15) is 17.2 Å². The Labute approximate surface area is 296 Å². The molecule has 5 aromatic carbocycles. The number of amides is 2. The average molecular weight is 705 g/mol. The number of phenols is 1. The number of fused-ring (bicyclic) bond motifs is 2. The van der Waals surface area contributed by atoms with Crippen molar-refractivity contribution in [1.82, 2.24) is 10.2 Å². The van der Waals surface area contributed by atoms with Crippen molar-refractivity contribution in [2.24, 2.45) is 0 Å². The first-order chi connectivity index (χ1) is 23.4. The van der Waals surface area contributed by atoms with E-state index in [2.05, 4.69) is 15.5 Å². The van der Waals surface area contributed by atoms with Crippen LogP contribution in [0.5, 0.6) is 17.2 Å². The van der Waals surface area contributed by atoms with Gasteiger partial charge in [0.25, 0.3) is 11.8 Å². The number of nitrogens with one attached hydrogen (secondary N) is 2. The predicted molar refractivity (Wildman–Crippen MR) is 196 cm³/mol. The lowest BCUT2D eigenvalue weighted by Crippen LogP contribution is -2.37. The molecule has 1 saturated heterocycles. The van der Waals surface area contributed by atoms with E-state index in [1.165, 1.54) is 12.1 Å². The molecule has 0 spiro atoms. The molecule has 256 valence electrons. The third-order valence-corrected chi connectivity index (χ3v) is 8.47. The highest BCUT2D eigenvalue weighted by atomic mass is 35.5. The van der Waals surface area contributed by atoms with Gasteiger partial charge in [0.05, 0.1) is 43.2 Å². The van der Waals surface area contributed by atoms with Crippen LogP contribution in [-0.4, -0.2) is 74.4 Å². The number of carbonyl (C=O) groups excluding carboxylic acids is 2. The summed E-state index contributed by atoms with van der Waals surface area (Å²) in [6.45, 7) is 5.41. The summed E-state index contributed by atoms with van der Waals surface area (Å²) in [7, 11) is 0. The van der Waals surface area contributed by atoms with Gasteiger partial charge in [-0.2, -0.15) is 0 Å². The number of carbonyl (C=O) groups is 2. The molecule has 0 aromatic heterocycles. The molecule has 1 fully saturated rings. The summed E-state index contributed by atoms with van der Waals surface area (Å²) in [5.41, 5.74) is 1.04. The van der Waals surface area contributed by atoms with Crippen molar-refractivity contribution in [3.8, 4) is 17.2 Å². The van der Waals surface area contributed by atoms with Crippen molar-refractivity contribution in [2.75, 3.05) is 57.9 Å². The van der Waals surface area contributed by atoms with Crippen LogP contribution in [0.15, 0.2) is 91.0 Å². The minimum atomic E-state index is -0.435. The zero-order chi connectivity index (χ0) is 33.3. The van der Waals surface area contributed by atoms with E-state index in [1.54, 1.807) is 12.1 Å². The summed E-state index contributed by atoms with van der Waals surface area (Å²) in [5.74, 6) is 0.159. The van der Waals surface area contributed by atoms with E-state index < -0.39 is 5.91 Å². The number of hydrogen-bond donors (Lipinski definition) is 3. The number of rotatable bonds is 13. The lowest BCUT2D eigenvalue weighted by atomic mass is 10.0. The van der Waals surface area contributed by atoms with Crippen molar-refractivity contribution < 1.29 is 28.9 Å². The van der Waals surface area contributed by atoms with Crippen LogP contribution >= 0.6 is 24.0 Å². The zero-order valence-corrected chi connectivity index (χ0v) is 28.5. The molecule has 6 rings (SSSR count). The number of halogens is 2. The smallest absolute Gasteiger partial charge is 0.259 e. The Bertz CT molecular complexity index is 1910. The van der Waals surface area contributed by atoms with Gasteiger partial charge in [0.2, 0.25) is 0 Å². The Morgan fingerprint density at radius 3 is 1.90 bits per heavy atom. The molecule has 0 unspecified atom stereocenters. The molecule has 0 atom stereocenters. The second kappa shape index (κ2) is 17.2. The van der Waals surface area contributed by atoms with Crippen LogP contribution in [0.2, 0.25) is 5.02 Å². The first kappa shape index (κ1) is 35.8. The summed E-state index contributed by atoms with van der Waals surface area (Å²) in [5, 5.41) is 20.1. The van der Waals surface area contributed by atoms with Crippen molar-refractivity contribution in [3.05, 3.63) is 107 Å². The normalized spacial score (nSPS) is 13.1. The van der Waals surface area contributed by atoms with Crippen molar-refractivity contribution in [2.45, 2.75) is 12.8 Å². The summed E-state index contributed by atoms with van der Waals surface area (Å²) >= 11 is 5.95. The van der Waals surface area contributed by atoms with E-state index in [4.69, 9.17) is 25.8 Å². The SMILES string of the molecule is Cl.O=C(NCCCOc1cc2ccccc2cc1C(=O)Nc1ccc(Cl)cc1O)c1cc2ccccc2cc1OCCCN1CCOCC1. The maximum absolute atomic E-state index is 13.4. The van der Waals surface area contributed by atoms with Gasteiger partial charge in [-0.05, 0) is 70.8 Å². The van der Waals surface area contributed by atoms with Crippen LogP contribution in [-0.2, 0) is 4.74 Å². The highest BCUT2D eigenvalue weighted by molar-refractivity contribution is 6.30. The molecule has 1 aliphatic heterocycles. The number of benzene rings is 5. The Kier molecular flexibility index (Phi) is 12.6. The number of aromatic hydroxyl groups is 1. The molecule has 3 N–H and O–H groups in total. The van der Waals surface area contributed by atoms with E-state index >= 15 is 0 Å². The molecule has 1 aliphatic rings. The summed E-state index contributed by atoms with van der Waals surface area (Å²) < 4.78 is 17.7. The molecule has 9 nitrogen and oxygen atoms in total. The summed E-state index contributed by atoms with van der Waals surface area (Å²) in [6, 6.07) is 27.5. The van der Waals surface area contributed by atoms with E-state index in [9.17, 15) is 14.7 Å². The van der Waals surface area contributed by atoms with Crippen LogP contribution in [0.25, 0.3) is 21.5 Å². The minimum absolute atomic E-state index is 0. The van der Waals surface area contributed by atoms with Crippen LogP contribution in [0.4, 0.5) is 5.69 Å². The second-order valence-electron chi connectivity index (χ2n) is 11.6. The summed E-state index contributed by atoms with van der Waals surface area (Å²) in [6.07, 6.45) is 1.35. The van der Waals surface area contributed by atoms with Gasteiger partial charge < -0.3 is 30.0 Å². The maximum atomic E-state index is 13.4. The quantitative estimate of drug-likeness (QED) is 0.0871. The van der Waals surface area contributed by atoms with E-state index in [0.717, 1.165) is 60.8 Å². The molecular formula is C38H39Cl2N3O6. The maximum Gasteiger partial charge on any atom is 0.259 e. The lowest BCUT2D eigenvalue weighted by molar-refractivity contribution is 0.0357. The molecule has 0 aliphatic carbocycles. The predicted octanol–water partition coefficient (Wildman–Crippen LogP) is 7.33.